The third-order valence-electron chi connectivity index (χ3n) is 3.65. The smallest absolute Gasteiger partial charge is 0.170 e. The Kier molecular flexibility index (Phi) is 5.48. The molecule has 0 radical (unpaired) electrons. The number of thiocarbonyl (C=S) groups is 1. The normalized spacial score (nSPS) is 17.2. The van der Waals surface area contributed by atoms with Gasteiger partial charge in [-0.15, -0.1) is 0 Å². The quantitative estimate of drug-likeness (QED) is 0.812. The van der Waals surface area contributed by atoms with Crippen LogP contribution in [0.25, 0.3) is 0 Å². The van der Waals surface area contributed by atoms with Crippen molar-refractivity contribution in [1.82, 2.24) is 15.1 Å². The van der Waals surface area contributed by atoms with Crippen LogP contribution in [0.5, 0.6) is 0 Å². The summed E-state index contributed by atoms with van der Waals surface area (Å²) in [5, 5.41) is 11.8. The van der Waals surface area contributed by atoms with E-state index in [4.69, 9.17) is 28.6 Å². The van der Waals surface area contributed by atoms with Gasteiger partial charge >= 0.3 is 0 Å². The zero-order valence-corrected chi connectivity index (χ0v) is 14.2. The van der Waals surface area contributed by atoms with Crippen LogP contribution in [0.2, 0.25) is 5.02 Å². The van der Waals surface area contributed by atoms with Gasteiger partial charge in [-0.05, 0) is 42.8 Å². The molecule has 2 heterocycles. The molecule has 2 N–H and O–H groups in total. The van der Waals surface area contributed by atoms with Crippen molar-refractivity contribution in [2.75, 3.05) is 18.5 Å². The Morgan fingerprint density at radius 1 is 1.48 bits per heavy atom. The molecule has 0 bridgehead atoms. The Morgan fingerprint density at radius 2 is 2.39 bits per heavy atom. The summed E-state index contributed by atoms with van der Waals surface area (Å²) in [6, 6.07) is 8.07. The zero-order chi connectivity index (χ0) is 16.1. The summed E-state index contributed by atoms with van der Waals surface area (Å²) in [5.41, 5.74) is 2.07. The van der Waals surface area contributed by atoms with E-state index in [2.05, 4.69) is 21.8 Å². The van der Waals surface area contributed by atoms with Gasteiger partial charge in [0.05, 0.1) is 23.9 Å². The van der Waals surface area contributed by atoms with Crippen molar-refractivity contribution in [3.8, 4) is 0 Å². The summed E-state index contributed by atoms with van der Waals surface area (Å²) in [6.45, 7) is 2.27. The van der Waals surface area contributed by atoms with E-state index in [0.29, 0.717) is 16.7 Å². The molecule has 1 atom stereocenters. The van der Waals surface area contributed by atoms with E-state index in [-0.39, 0.29) is 6.10 Å². The standard InChI is InChI=1S/C16H19ClN4OS/c17-13-8-19-21(11-13)10-12-3-1-4-14(7-12)20-16(23)18-9-15-5-2-6-22-15/h1,3-4,7-8,11,15H,2,5-6,9-10H2,(H2,18,20,23)/t15-/m0/s1. The minimum atomic E-state index is 0.269. The maximum absolute atomic E-state index is 5.88. The lowest BCUT2D eigenvalue weighted by Gasteiger charge is -2.14. The van der Waals surface area contributed by atoms with Crippen LogP contribution in [0, 0.1) is 0 Å². The number of anilines is 1. The van der Waals surface area contributed by atoms with Crippen LogP contribution in [0.1, 0.15) is 18.4 Å². The highest BCUT2D eigenvalue weighted by atomic mass is 35.5. The van der Waals surface area contributed by atoms with E-state index in [9.17, 15) is 0 Å². The summed E-state index contributed by atoms with van der Waals surface area (Å²) in [5.74, 6) is 0. The molecule has 1 aromatic heterocycles. The first-order valence-electron chi connectivity index (χ1n) is 7.62. The largest absolute Gasteiger partial charge is 0.376 e. The highest BCUT2D eigenvalue weighted by Crippen LogP contribution is 2.14. The summed E-state index contributed by atoms with van der Waals surface area (Å²) >= 11 is 11.2. The molecule has 7 heteroatoms. The lowest BCUT2D eigenvalue weighted by molar-refractivity contribution is 0.114. The summed E-state index contributed by atoms with van der Waals surface area (Å²) < 4.78 is 7.37. The Hall–Kier alpha value is -1.63. The van der Waals surface area contributed by atoms with Gasteiger partial charge in [0, 0.05) is 25.0 Å². The van der Waals surface area contributed by atoms with E-state index in [1.807, 2.05) is 18.2 Å². The van der Waals surface area contributed by atoms with E-state index in [1.54, 1.807) is 17.1 Å². The Bertz CT molecular complexity index is 670. The van der Waals surface area contributed by atoms with E-state index in [0.717, 1.165) is 37.2 Å². The van der Waals surface area contributed by atoms with Crippen LogP contribution >= 0.6 is 23.8 Å². The van der Waals surface area contributed by atoms with Gasteiger partial charge in [0.15, 0.2) is 5.11 Å². The van der Waals surface area contributed by atoms with Crippen LogP contribution in [0.4, 0.5) is 5.69 Å². The fourth-order valence-electron chi connectivity index (χ4n) is 2.55. The SMILES string of the molecule is S=C(NC[C@@H]1CCCO1)Nc1cccc(Cn2cc(Cl)cn2)c1. The van der Waals surface area contributed by atoms with E-state index in [1.165, 1.54) is 0 Å². The minimum absolute atomic E-state index is 0.269. The maximum Gasteiger partial charge on any atom is 0.170 e. The summed E-state index contributed by atoms with van der Waals surface area (Å²) in [7, 11) is 0. The second kappa shape index (κ2) is 7.77. The first-order chi connectivity index (χ1) is 11.2. The molecule has 122 valence electrons. The molecule has 1 fully saturated rings. The molecule has 1 saturated heterocycles. The Balaban J connectivity index is 1.53. The minimum Gasteiger partial charge on any atom is -0.376 e. The highest BCUT2D eigenvalue weighted by molar-refractivity contribution is 7.80. The Labute approximate surface area is 146 Å². The summed E-state index contributed by atoms with van der Waals surface area (Å²) in [4.78, 5) is 0. The average Bonchev–Trinajstić information content (AvgIpc) is 3.17. The number of halogens is 1. The van der Waals surface area contributed by atoms with Gasteiger partial charge in [-0.25, -0.2) is 0 Å². The van der Waals surface area contributed by atoms with Crippen molar-refractivity contribution in [3.63, 3.8) is 0 Å². The van der Waals surface area contributed by atoms with Gasteiger partial charge in [-0.1, -0.05) is 23.7 Å². The van der Waals surface area contributed by atoms with Gasteiger partial charge in [-0.2, -0.15) is 5.10 Å². The molecule has 0 aliphatic carbocycles. The number of ether oxygens (including phenoxy) is 1. The van der Waals surface area contributed by atoms with Gasteiger partial charge < -0.3 is 15.4 Å². The lowest BCUT2D eigenvalue weighted by Crippen LogP contribution is -2.34. The zero-order valence-electron chi connectivity index (χ0n) is 12.7. The topological polar surface area (TPSA) is 51.1 Å². The van der Waals surface area contributed by atoms with Gasteiger partial charge in [0.2, 0.25) is 0 Å². The molecule has 23 heavy (non-hydrogen) atoms. The van der Waals surface area contributed by atoms with Crippen molar-refractivity contribution in [2.24, 2.45) is 0 Å². The molecule has 1 aliphatic rings. The molecule has 0 amide bonds. The maximum atomic E-state index is 5.88. The Morgan fingerprint density at radius 3 is 3.13 bits per heavy atom. The average molecular weight is 351 g/mol. The summed E-state index contributed by atoms with van der Waals surface area (Å²) in [6.07, 6.45) is 5.93. The van der Waals surface area contributed by atoms with E-state index < -0.39 is 0 Å². The van der Waals surface area contributed by atoms with Crippen LogP contribution in [-0.4, -0.2) is 34.1 Å². The fourth-order valence-corrected chi connectivity index (χ4v) is 2.90. The number of rotatable bonds is 5. The number of benzene rings is 1. The van der Waals surface area contributed by atoms with Crippen molar-refractivity contribution in [2.45, 2.75) is 25.5 Å². The van der Waals surface area contributed by atoms with Crippen LogP contribution in [0.3, 0.4) is 0 Å². The molecular formula is C16H19ClN4OS. The predicted molar refractivity (Wildman–Crippen MR) is 96.0 cm³/mol. The lowest BCUT2D eigenvalue weighted by atomic mass is 10.2. The molecule has 1 aliphatic heterocycles. The van der Waals surface area contributed by atoms with Crippen LogP contribution < -0.4 is 10.6 Å². The third-order valence-corrected chi connectivity index (χ3v) is 4.09. The number of hydrogen-bond donors (Lipinski definition) is 2. The van der Waals surface area contributed by atoms with E-state index >= 15 is 0 Å². The van der Waals surface area contributed by atoms with Crippen molar-refractivity contribution >= 4 is 34.6 Å². The van der Waals surface area contributed by atoms with Crippen LogP contribution in [0.15, 0.2) is 36.7 Å². The van der Waals surface area contributed by atoms with Crippen molar-refractivity contribution < 1.29 is 4.74 Å². The van der Waals surface area contributed by atoms with Crippen molar-refractivity contribution in [3.05, 3.63) is 47.2 Å². The predicted octanol–water partition coefficient (Wildman–Crippen LogP) is 3.05. The molecule has 1 aromatic carbocycles. The van der Waals surface area contributed by atoms with Crippen LogP contribution in [-0.2, 0) is 11.3 Å². The number of nitrogens with one attached hydrogen (secondary N) is 2. The van der Waals surface area contributed by atoms with Gasteiger partial charge in [0.25, 0.3) is 0 Å². The number of hydrogen-bond acceptors (Lipinski definition) is 3. The third kappa shape index (κ3) is 4.92. The molecule has 5 nitrogen and oxygen atoms in total. The first kappa shape index (κ1) is 16.2. The van der Waals surface area contributed by atoms with Crippen molar-refractivity contribution in [1.29, 1.82) is 0 Å². The molecular weight excluding hydrogens is 332 g/mol. The number of nitrogens with zero attached hydrogens (tertiary/aromatic N) is 2. The molecule has 3 rings (SSSR count). The first-order valence-corrected chi connectivity index (χ1v) is 8.41. The highest BCUT2D eigenvalue weighted by Gasteiger charge is 2.15. The monoisotopic (exact) mass is 350 g/mol. The second-order valence-corrected chi connectivity index (χ2v) is 6.37. The van der Waals surface area contributed by atoms with Gasteiger partial charge in [0.1, 0.15) is 0 Å². The molecule has 2 aromatic rings. The molecule has 0 unspecified atom stereocenters. The van der Waals surface area contributed by atoms with Gasteiger partial charge in [-0.3, -0.25) is 4.68 Å². The fraction of sp³-hybridized carbons (Fsp3) is 0.375. The second-order valence-electron chi connectivity index (χ2n) is 5.53. The molecule has 0 saturated carbocycles. The molecule has 0 spiro atoms. The number of aromatic nitrogens is 2.